The number of para-hydroxylation sites is 2. The van der Waals surface area contributed by atoms with Crippen LogP contribution in [-0.4, -0.2) is 0 Å². The van der Waals surface area contributed by atoms with Gasteiger partial charge in [-0.2, -0.15) is 0 Å². The third-order valence-corrected chi connectivity index (χ3v) is 14.2. The zero-order valence-electron chi connectivity index (χ0n) is 32.0. The van der Waals surface area contributed by atoms with Gasteiger partial charge in [-0.05, 0) is 117 Å². The van der Waals surface area contributed by atoms with Gasteiger partial charge in [-0.25, -0.2) is 0 Å². The summed E-state index contributed by atoms with van der Waals surface area (Å²) in [6, 6.07) is 76.1. The molecule has 2 nitrogen and oxygen atoms in total. The first-order valence-electron chi connectivity index (χ1n) is 20.1. The number of rotatable bonds is 7. The van der Waals surface area contributed by atoms with Crippen molar-refractivity contribution in [2.75, 3.05) is 9.80 Å². The molecular formula is C55H36N2S2. The Balaban J connectivity index is 1.07. The normalized spacial score (nSPS) is 11.8. The summed E-state index contributed by atoms with van der Waals surface area (Å²) in [6.45, 7) is 0.717. The highest BCUT2D eigenvalue weighted by Crippen LogP contribution is 2.46. The lowest BCUT2D eigenvalue weighted by Gasteiger charge is -2.29. The van der Waals surface area contributed by atoms with Crippen molar-refractivity contribution in [2.45, 2.75) is 6.54 Å². The molecule has 0 spiro atoms. The molecule has 4 heteroatoms. The Labute approximate surface area is 350 Å². The van der Waals surface area contributed by atoms with Crippen LogP contribution in [0.15, 0.2) is 206 Å². The molecule has 278 valence electrons. The van der Waals surface area contributed by atoms with Gasteiger partial charge in [0.25, 0.3) is 0 Å². The fourth-order valence-electron chi connectivity index (χ4n) is 9.17. The first-order valence-corrected chi connectivity index (χ1v) is 21.7. The third-order valence-electron chi connectivity index (χ3n) is 11.9. The second-order valence-corrected chi connectivity index (χ2v) is 17.4. The highest BCUT2D eigenvalue weighted by Gasteiger charge is 2.21. The van der Waals surface area contributed by atoms with Crippen LogP contribution < -0.4 is 9.80 Å². The van der Waals surface area contributed by atoms with Crippen molar-refractivity contribution in [1.29, 1.82) is 0 Å². The van der Waals surface area contributed by atoms with Crippen LogP contribution in [0.2, 0.25) is 0 Å². The van der Waals surface area contributed by atoms with Crippen molar-refractivity contribution in [2.24, 2.45) is 0 Å². The van der Waals surface area contributed by atoms with Crippen LogP contribution in [0.5, 0.6) is 0 Å². The van der Waals surface area contributed by atoms with Gasteiger partial charge in [-0.3, -0.25) is 0 Å². The SMILES string of the molecule is c1ccc(N(Cc2cc3c4ccccc4c(N(c4ccccc4)c4ccc5sc6ccccc6c5c4)cc3c3ccccc23)c2ccc3sc4ccccc4c3c2)cc1. The molecule has 12 aromatic rings. The van der Waals surface area contributed by atoms with Crippen LogP contribution >= 0.6 is 22.7 Å². The standard InChI is InChI=1S/C55H36N2S2/c1-3-15-37(16-4-1)56(39-27-29-54-49(32-39)45-23-11-13-25-52(45)58-54)35-36-31-47-43-21-9-10-22-44(43)51(34-48(47)42-20-8-7-19-41(36)42)57(38-17-5-2-6-18-38)40-28-30-55-50(33-40)46-24-12-14-26-53(46)59-55/h1-34H,35H2. The molecule has 2 heterocycles. The largest absolute Gasteiger partial charge is 0.337 e. The smallest absolute Gasteiger partial charge is 0.0546 e. The molecule has 0 aliphatic carbocycles. The molecule has 12 rings (SSSR count). The van der Waals surface area contributed by atoms with Crippen molar-refractivity contribution in [1.82, 2.24) is 0 Å². The highest BCUT2D eigenvalue weighted by atomic mass is 32.1. The molecule has 0 radical (unpaired) electrons. The second kappa shape index (κ2) is 13.8. The van der Waals surface area contributed by atoms with Crippen molar-refractivity contribution in [3.63, 3.8) is 0 Å². The summed E-state index contributed by atoms with van der Waals surface area (Å²) in [6.07, 6.45) is 0. The van der Waals surface area contributed by atoms with Crippen molar-refractivity contribution < 1.29 is 0 Å². The minimum absolute atomic E-state index is 0.717. The van der Waals surface area contributed by atoms with Gasteiger partial charge < -0.3 is 9.80 Å². The van der Waals surface area contributed by atoms with Crippen LogP contribution in [0.4, 0.5) is 28.4 Å². The van der Waals surface area contributed by atoms with Gasteiger partial charge in [0.2, 0.25) is 0 Å². The fraction of sp³-hybridized carbons (Fsp3) is 0.0182. The molecule has 10 aromatic carbocycles. The summed E-state index contributed by atoms with van der Waals surface area (Å²) in [5, 5.41) is 12.7. The number of nitrogens with zero attached hydrogens (tertiary/aromatic N) is 2. The molecule has 0 N–H and O–H groups in total. The minimum atomic E-state index is 0.717. The summed E-state index contributed by atoms with van der Waals surface area (Å²) >= 11 is 3.73. The lowest BCUT2D eigenvalue weighted by molar-refractivity contribution is 0.988. The number of anilines is 5. The van der Waals surface area contributed by atoms with Crippen molar-refractivity contribution in [3.8, 4) is 0 Å². The van der Waals surface area contributed by atoms with E-state index >= 15 is 0 Å². The number of benzene rings is 10. The van der Waals surface area contributed by atoms with Gasteiger partial charge in [0.15, 0.2) is 0 Å². The van der Waals surface area contributed by atoms with Crippen molar-refractivity contribution >= 4 is 124 Å². The maximum absolute atomic E-state index is 2.48. The second-order valence-electron chi connectivity index (χ2n) is 15.3. The topological polar surface area (TPSA) is 6.48 Å². The summed E-state index contributed by atoms with van der Waals surface area (Å²) in [5.74, 6) is 0. The molecule has 0 amide bonds. The number of fused-ring (bicyclic) bond motifs is 11. The molecule has 0 aliphatic rings. The average molecular weight is 789 g/mol. The molecule has 0 bridgehead atoms. The Bertz CT molecular complexity index is 3550. The van der Waals surface area contributed by atoms with Gasteiger partial charge in [0.05, 0.1) is 5.69 Å². The molecular weight excluding hydrogens is 753 g/mol. The molecule has 0 aliphatic heterocycles. The van der Waals surface area contributed by atoms with E-state index in [0.29, 0.717) is 0 Å². The quantitative estimate of drug-likeness (QED) is 0.148. The zero-order chi connectivity index (χ0) is 38.9. The van der Waals surface area contributed by atoms with Crippen LogP contribution in [0.25, 0.3) is 72.7 Å². The summed E-state index contributed by atoms with van der Waals surface area (Å²) in [4.78, 5) is 4.94. The first-order chi connectivity index (χ1) is 29.2. The van der Waals surface area contributed by atoms with E-state index in [1.165, 1.54) is 95.3 Å². The van der Waals surface area contributed by atoms with E-state index in [0.717, 1.165) is 17.9 Å². The predicted molar refractivity (Wildman–Crippen MR) is 258 cm³/mol. The van der Waals surface area contributed by atoms with E-state index < -0.39 is 0 Å². The lowest BCUT2D eigenvalue weighted by Crippen LogP contribution is -2.16. The van der Waals surface area contributed by atoms with E-state index in [-0.39, 0.29) is 0 Å². The maximum Gasteiger partial charge on any atom is 0.0546 e. The van der Waals surface area contributed by atoms with E-state index in [1.807, 2.05) is 22.7 Å². The van der Waals surface area contributed by atoms with E-state index in [1.54, 1.807) is 0 Å². The molecule has 59 heavy (non-hydrogen) atoms. The van der Waals surface area contributed by atoms with Crippen LogP contribution in [0.1, 0.15) is 5.56 Å². The van der Waals surface area contributed by atoms with Gasteiger partial charge in [-0.15, -0.1) is 22.7 Å². The highest BCUT2D eigenvalue weighted by molar-refractivity contribution is 7.26. The van der Waals surface area contributed by atoms with Crippen LogP contribution in [0.3, 0.4) is 0 Å². The Hall–Kier alpha value is -6.98. The Morgan fingerprint density at radius 1 is 0.288 bits per heavy atom. The summed E-state index contributed by atoms with van der Waals surface area (Å²) in [5.41, 5.74) is 7.09. The fourth-order valence-corrected chi connectivity index (χ4v) is 11.3. The Morgan fingerprint density at radius 3 is 1.39 bits per heavy atom. The Morgan fingerprint density at radius 2 is 0.746 bits per heavy atom. The van der Waals surface area contributed by atoms with Gasteiger partial charge in [-0.1, -0.05) is 121 Å². The molecule has 0 atom stereocenters. The minimum Gasteiger partial charge on any atom is -0.337 e. The van der Waals surface area contributed by atoms with Gasteiger partial charge in [0, 0.05) is 75.0 Å². The average Bonchev–Trinajstić information content (AvgIpc) is 3.87. The summed E-state index contributed by atoms with van der Waals surface area (Å²) < 4.78 is 5.26. The molecule has 2 aromatic heterocycles. The van der Waals surface area contributed by atoms with E-state index in [2.05, 4.69) is 216 Å². The molecule has 0 saturated carbocycles. The number of thiophene rings is 2. The maximum atomic E-state index is 2.48. The van der Waals surface area contributed by atoms with Crippen molar-refractivity contribution in [3.05, 3.63) is 212 Å². The van der Waals surface area contributed by atoms with E-state index in [9.17, 15) is 0 Å². The monoisotopic (exact) mass is 788 g/mol. The molecule has 0 unspecified atom stereocenters. The predicted octanol–water partition coefficient (Wildman–Crippen LogP) is 16.7. The number of hydrogen-bond acceptors (Lipinski definition) is 4. The first kappa shape index (κ1) is 34.1. The van der Waals surface area contributed by atoms with Gasteiger partial charge >= 0.3 is 0 Å². The molecule has 0 fully saturated rings. The summed E-state index contributed by atoms with van der Waals surface area (Å²) in [7, 11) is 0. The third kappa shape index (κ3) is 5.67. The number of hydrogen-bond donors (Lipinski definition) is 0. The van der Waals surface area contributed by atoms with Gasteiger partial charge in [0.1, 0.15) is 0 Å². The van der Waals surface area contributed by atoms with Crippen LogP contribution in [0, 0.1) is 0 Å². The lowest BCUT2D eigenvalue weighted by atomic mass is 9.92. The molecule has 0 saturated heterocycles. The van der Waals surface area contributed by atoms with Crippen LogP contribution in [-0.2, 0) is 6.54 Å². The van der Waals surface area contributed by atoms with E-state index in [4.69, 9.17) is 0 Å². The Kier molecular flexibility index (Phi) is 8.00. The zero-order valence-corrected chi connectivity index (χ0v) is 33.7.